The van der Waals surface area contributed by atoms with Crippen LogP contribution in [0.2, 0.25) is 0 Å². The van der Waals surface area contributed by atoms with Crippen molar-refractivity contribution in [1.29, 1.82) is 0 Å². The Labute approximate surface area is 140 Å². The maximum Gasteiger partial charge on any atom is 0.330 e. The Morgan fingerprint density at radius 3 is 2.35 bits per heavy atom. The summed E-state index contributed by atoms with van der Waals surface area (Å²) in [6, 6.07) is 0. The van der Waals surface area contributed by atoms with Crippen LogP contribution in [0.25, 0.3) is 0 Å². The zero-order valence-electron chi connectivity index (χ0n) is 14.6. The van der Waals surface area contributed by atoms with Gasteiger partial charge in [0, 0.05) is 6.08 Å². The van der Waals surface area contributed by atoms with Crippen LogP contribution in [-0.4, -0.2) is 19.0 Å². The van der Waals surface area contributed by atoms with Crippen LogP contribution in [-0.2, 0) is 9.53 Å². The number of allylic oxidation sites excluding steroid dienone is 3. The Hall–Kier alpha value is -1.19. The first-order chi connectivity index (χ1) is 11.1. The van der Waals surface area contributed by atoms with E-state index in [1.165, 1.54) is 32.1 Å². The lowest BCUT2D eigenvalue weighted by Crippen LogP contribution is -2.12. The summed E-state index contributed by atoms with van der Waals surface area (Å²) in [4.78, 5) is 11.2. The highest BCUT2D eigenvalue weighted by Gasteiger charge is 2.09. The molecule has 4 heteroatoms. The molecule has 0 aliphatic heterocycles. The number of hydrogen-bond acceptors (Lipinski definition) is 2. The van der Waals surface area contributed by atoms with E-state index in [4.69, 9.17) is 4.74 Å². The summed E-state index contributed by atoms with van der Waals surface area (Å²) in [5.41, 5.74) is 0. The van der Waals surface area contributed by atoms with Gasteiger partial charge >= 0.3 is 5.97 Å². The first kappa shape index (κ1) is 21.8. The largest absolute Gasteiger partial charge is 0.462 e. The van der Waals surface area contributed by atoms with Crippen LogP contribution in [0.3, 0.4) is 0 Å². The lowest BCUT2D eigenvalue weighted by Gasteiger charge is -2.14. The van der Waals surface area contributed by atoms with Crippen molar-refractivity contribution in [3.63, 3.8) is 0 Å². The van der Waals surface area contributed by atoms with E-state index in [2.05, 4.69) is 26.0 Å². The van der Waals surface area contributed by atoms with Crippen LogP contribution in [0.15, 0.2) is 24.3 Å². The summed E-state index contributed by atoms with van der Waals surface area (Å²) in [6.45, 7) is 4.58. The third-order valence-electron chi connectivity index (χ3n) is 3.79. The molecule has 134 valence electrons. The van der Waals surface area contributed by atoms with Crippen LogP contribution in [0.1, 0.15) is 71.6 Å². The molecule has 0 saturated heterocycles. The molecule has 0 aromatic rings. The minimum absolute atomic E-state index is 0.319. The van der Waals surface area contributed by atoms with Gasteiger partial charge in [0.25, 0.3) is 6.43 Å². The lowest BCUT2D eigenvalue weighted by molar-refractivity contribution is -0.139. The van der Waals surface area contributed by atoms with Gasteiger partial charge in [0.05, 0.1) is 6.61 Å². The number of halogens is 2. The molecule has 0 heterocycles. The first-order valence-electron chi connectivity index (χ1n) is 8.88. The van der Waals surface area contributed by atoms with E-state index in [-0.39, 0.29) is 0 Å². The number of hydrogen-bond donors (Lipinski definition) is 0. The van der Waals surface area contributed by atoms with Gasteiger partial charge in [-0.25, -0.2) is 13.6 Å². The normalized spacial score (nSPS) is 13.3. The van der Waals surface area contributed by atoms with Crippen LogP contribution in [0, 0.1) is 5.92 Å². The minimum Gasteiger partial charge on any atom is -0.462 e. The van der Waals surface area contributed by atoms with Gasteiger partial charge in [-0.2, -0.15) is 0 Å². The lowest BCUT2D eigenvalue weighted by atomic mass is 9.99. The smallest absolute Gasteiger partial charge is 0.330 e. The number of rotatable bonds is 14. The first-order valence-corrected chi connectivity index (χ1v) is 8.88. The molecule has 0 amide bonds. The molecule has 0 saturated carbocycles. The fourth-order valence-electron chi connectivity index (χ4n) is 2.23. The third-order valence-corrected chi connectivity index (χ3v) is 3.79. The Morgan fingerprint density at radius 1 is 1.04 bits per heavy atom. The van der Waals surface area contributed by atoms with Gasteiger partial charge < -0.3 is 4.74 Å². The molecule has 0 aliphatic rings. The molecular weight excluding hydrogens is 298 g/mol. The molecule has 0 spiro atoms. The molecule has 0 radical (unpaired) electrons. The van der Waals surface area contributed by atoms with Gasteiger partial charge in [0.15, 0.2) is 0 Å². The fourth-order valence-corrected chi connectivity index (χ4v) is 2.23. The Kier molecular flexibility index (Phi) is 14.9. The standard InChI is InChI=1S/C19H32F2O2/c1-3-5-6-7-8-9-10-11-12-13-17(4-2)16-23-19(22)15-14-18(20)21/h7-8,14-15,17-18H,3-6,9-13,16H2,1-2H3/b8-7?,15-14-. The monoisotopic (exact) mass is 330 g/mol. The molecule has 0 bridgehead atoms. The summed E-state index contributed by atoms with van der Waals surface area (Å²) < 4.78 is 28.8. The molecule has 2 nitrogen and oxygen atoms in total. The quantitative estimate of drug-likeness (QED) is 0.167. The van der Waals surface area contributed by atoms with Crippen molar-refractivity contribution in [3.05, 3.63) is 24.3 Å². The van der Waals surface area contributed by atoms with Crippen LogP contribution >= 0.6 is 0 Å². The van der Waals surface area contributed by atoms with Gasteiger partial charge in [-0.1, -0.05) is 58.1 Å². The third kappa shape index (κ3) is 15.5. The number of unbranched alkanes of at least 4 members (excludes halogenated alkanes) is 5. The topological polar surface area (TPSA) is 26.3 Å². The zero-order valence-corrected chi connectivity index (χ0v) is 14.6. The van der Waals surface area contributed by atoms with Crippen molar-refractivity contribution < 1.29 is 18.3 Å². The molecule has 0 aliphatic carbocycles. The number of esters is 1. The van der Waals surface area contributed by atoms with E-state index in [9.17, 15) is 13.6 Å². The molecule has 1 unspecified atom stereocenters. The van der Waals surface area contributed by atoms with Crippen LogP contribution in [0.5, 0.6) is 0 Å². The van der Waals surface area contributed by atoms with Crippen molar-refractivity contribution in [2.45, 2.75) is 78.1 Å². The Bertz CT molecular complexity index is 338. The maximum absolute atomic E-state index is 11.9. The van der Waals surface area contributed by atoms with Gasteiger partial charge in [-0.15, -0.1) is 0 Å². The highest BCUT2D eigenvalue weighted by molar-refractivity contribution is 5.81. The second-order valence-electron chi connectivity index (χ2n) is 5.85. The van der Waals surface area contributed by atoms with Crippen LogP contribution in [0.4, 0.5) is 8.78 Å². The molecule has 0 aromatic heterocycles. The van der Waals surface area contributed by atoms with Crippen molar-refractivity contribution >= 4 is 5.97 Å². The second kappa shape index (κ2) is 15.7. The molecule has 23 heavy (non-hydrogen) atoms. The summed E-state index contributed by atoms with van der Waals surface area (Å²) >= 11 is 0. The van der Waals surface area contributed by atoms with Crippen molar-refractivity contribution in [3.8, 4) is 0 Å². The predicted octanol–water partition coefficient (Wildman–Crippen LogP) is 6.07. The molecule has 0 N–H and O–H groups in total. The number of carbonyl (C=O) groups is 1. The summed E-state index contributed by atoms with van der Waals surface area (Å²) in [7, 11) is 0. The fraction of sp³-hybridized carbons (Fsp3) is 0.737. The van der Waals surface area contributed by atoms with Crippen molar-refractivity contribution in [2.75, 3.05) is 6.61 Å². The number of carbonyl (C=O) groups excluding carboxylic acids is 1. The van der Waals surface area contributed by atoms with Crippen LogP contribution < -0.4 is 0 Å². The molecule has 0 aromatic carbocycles. The van der Waals surface area contributed by atoms with Crippen molar-refractivity contribution in [1.82, 2.24) is 0 Å². The van der Waals surface area contributed by atoms with E-state index in [0.29, 0.717) is 18.6 Å². The Balaban J connectivity index is 3.66. The average molecular weight is 330 g/mol. The summed E-state index contributed by atoms with van der Waals surface area (Å²) in [5, 5.41) is 0. The van der Waals surface area contributed by atoms with E-state index < -0.39 is 12.4 Å². The Morgan fingerprint density at radius 2 is 1.74 bits per heavy atom. The average Bonchev–Trinajstić information content (AvgIpc) is 2.54. The van der Waals surface area contributed by atoms with Gasteiger partial charge in [-0.05, 0) is 37.7 Å². The van der Waals surface area contributed by atoms with E-state index in [0.717, 1.165) is 31.8 Å². The molecule has 0 rings (SSSR count). The number of alkyl halides is 2. The summed E-state index contributed by atoms with van der Waals surface area (Å²) in [5.74, 6) is -0.361. The van der Waals surface area contributed by atoms with E-state index >= 15 is 0 Å². The van der Waals surface area contributed by atoms with E-state index in [1.54, 1.807) is 0 Å². The highest BCUT2D eigenvalue weighted by Crippen LogP contribution is 2.15. The molecule has 1 atom stereocenters. The highest BCUT2D eigenvalue weighted by atomic mass is 19.3. The SMILES string of the molecule is CCCCC=CCCCCCC(CC)COC(=O)/C=C\C(F)F. The van der Waals surface area contributed by atoms with Gasteiger partial charge in [-0.3, -0.25) is 0 Å². The number of ether oxygens (including phenoxy) is 1. The second-order valence-corrected chi connectivity index (χ2v) is 5.85. The van der Waals surface area contributed by atoms with Gasteiger partial charge in [0.1, 0.15) is 0 Å². The minimum atomic E-state index is -2.61. The summed E-state index contributed by atoms with van der Waals surface area (Å²) in [6.07, 6.45) is 13.5. The van der Waals surface area contributed by atoms with Gasteiger partial charge in [0.2, 0.25) is 0 Å². The zero-order chi connectivity index (χ0) is 17.3. The van der Waals surface area contributed by atoms with E-state index in [1.807, 2.05) is 0 Å². The van der Waals surface area contributed by atoms with Crippen molar-refractivity contribution in [2.24, 2.45) is 5.92 Å². The predicted molar refractivity (Wildman–Crippen MR) is 91.6 cm³/mol. The maximum atomic E-state index is 11.9. The molecular formula is C19H32F2O2. The molecule has 0 fully saturated rings.